The van der Waals surface area contributed by atoms with Gasteiger partial charge in [0.25, 0.3) is 0 Å². The summed E-state index contributed by atoms with van der Waals surface area (Å²) >= 11 is 0. The quantitative estimate of drug-likeness (QED) is 0.619. The lowest BCUT2D eigenvalue weighted by Crippen LogP contribution is -2.09. The first kappa shape index (κ1) is 16.2. The number of ether oxygens (including phenoxy) is 4. The van der Waals surface area contributed by atoms with E-state index < -0.39 is 0 Å². The molecule has 2 aromatic carbocycles. The van der Waals surface area contributed by atoms with Gasteiger partial charge in [-0.3, -0.25) is 9.59 Å². The van der Waals surface area contributed by atoms with E-state index >= 15 is 0 Å². The van der Waals surface area contributed by atoms with Crippen molar-refractivity contribution in [2.75, 3.05) is 13.6 Å². The molecule has 132 valence electrons. The molecule has 2 heterocycles. The van der Waals surface area contributed by atoms with Crippen LogP contribution in [0, 0.1) is 0 Å². The normalized spacial score (nSPS) is 14.8. The minimum atomic E-state index is -0.227. The first-order chi connectivity index (χ1) is 12.5. The zero-order valence-electron chi connectivity index (χ0n) is 14.3. The molecule has 4 rings (SSSR count). The Labute approximate surface area is 149 Å². The Kier molecular flexibility index (Phi) is 3.88. The summed E-state index contributed by atoms with van der Waals surface area (Å²) in [6, 6.07) is 9.98. The van der Waals surface area contributed by atoms with Crippen LogP contribution >= 0.6 is 0 Å². The lowest BCUT2D eigenvalue weighted by atomic mass is 9.95. The maximum Gasteiger partial charge on any atom is 0.231 e. The monoisotopic (exact) mass is 352 g/mol. The highest BCUT2D eigenvalue weighted by Crippen LogP contribution is 2.34. The highest BCUT2D eigenvalue weighted by molar-refractivity contribution is 6.17. The summed E-state index contributed by atoms with van der Waals surface area (Å²) in [5, 5.41) is 0. The topological polar surface area (TPSA) is 71.1 Å². The molecule has 0 amide bonds. The minimum absolute atomic E-state index is 0.142. The van der Waals surface area contributed by atoms with Crippen LogP contribution in [0.3, 0.4) is 0 Å². The summed E-state index contributed by atoms with van der Waals surface area (Å²) in [6.45, 7) is 3.58. The average Bonchev–Trinajstić information content (AvgIpc) is 3.33. The van der Waals surface area contributed by atoms with Gasteiger partial charge in [-0.1, -0.05) is 0 Å². The van der Waals surface area contributed by atoms with Crippen molar-refractivity contribution in [3.05, 3.63) is 58.7 Å². The summed E-state index contributed by atoms with van der Waals surface area (Å²) in [4.78, 5) is 25.5. The molecule has 0 aromatic heterocycles. The van der Waals surface area contributed by atoms with Crippen LogP contribution in [0.25, 0.3) is 0 Å². The Morgan fingerprint density at radius 1 is 0.654 bits per heavy atom. The number of ketones is 2. The van der Waals surface area contributed by atoms with Gasteiger partial charge in [0.05, 0.1) is 0 Å². The van der Waals surface area contributed by atoms with Gasteiger partial charge < -0.3 is 18.9 Å². The van der Waals surface area contributed by atoms with Crippen molar-refractivity contribution in [2.24, 2.45) is 0 Å². The maximum absolute atomic E-state index is 12.8. The van der Waals surface area contributed by atoms with Crippen molar-refractivity contribution < 1.29 is 28.5 Å². The molecule has 0 fully saturated rings. The molecule has 26 heavy (non-hydrogen) atoms. The van der Waals surface area contributed by atoms with Crippen molar-refractivity contribution >= 4 is 11.6 Å². The smallest absolute Gasteiger partial charge is 0.231 e. The molecule has 0 saturated carbocycles. The van der Waals surface area contributed by atoms with Crippen LogP contribution in [0.2, 0.25) is 0 Å². The molecule has 2 aliphatic heterocycles. The Morgan fingerprint density at radius 3 is 1.46 bits per heavy atom. The number of fused-ring (bicyclic) bond motifs is 2. The largest absolute Gasteiger partial charge is 0.454 e. The van der Waals surface area contributed by atoms with Crippen LogP contribution in [0.4, 0.5) is 0 Å². The third-order valence-electron chi connectivity index (χ3n) is 4.51. The van der Waals surface area contributed by atoms with Crippen LogP contribution in [0.1, 0.15) is 34.6 Å². The molecule has 6 heteroatoms. The lowest BCUT2D eigenvalue weighted by molar-refractivity contribution is 0.0999. The average molecular weight is 352 g/mol. The fraction of sp³-hybridized carbons (Fsp3) is 0.200. The number of rotatable bonds is 4. The summed E-state index contributed by atoms with van der Waals surface area (Å²) in [5.41, 5.74) is 1.66. The number of Topliss-reactive ketones (excluding diaryl/α,β-unsaturated/α-hetero) is 2. The predicted octanol–water partition coefficient (Wildman–Crippen LogP) is 3.55. The zero-order chi connectivity index (χ0) is 18.3. The summed E-state index contributed by atoms with van der Waals surface area (Å²) in [6.07, 6.45) is 0. The number of hydrogen-bond acceptors (Lipinski definition) is 6. The predicted molar refractivity (Wildman–Crippen MR) is 92.2 cm³/mol. The lowest BCUT2D eigenvalue weighted by Gasteiger charge is -2.08. The molecule has 0 radical (unpaired) electrons. The van der Waals surface area contributed by atoms with Gasteiger partial charge in [0.1, 0.15) is 0 Å². The Bertz CT molecular complexity index is 879. The highest BCUT2D eigenvalue weighted by atomic mass is 16.7. The van der Waals surface area contributed by atoms with Crippen LogP contribution < -0.4 is 18.9 Å². The van der Waals surface area contributed by atoms with Gasteiger partial charge >= 0.3 is 0 Å². The van der Waals surface area contributed by atoms with Gasteiger partial charge in [-0.05, 0) is 50.2 Å². The second kappa shape index (κ2) is 6.22. The van der Waals surface area contributed by atoms with Crippen LogP contribution in [-0.2, 0) is 0 Å². The van der Waals surface area contributed by atoms with Gasteiger partial charge in [0, 0.05) is 22.3 Å². The van der Waals surface area contributed by atoms with Crippen molar-refractivity contribution in [3.63, 3.8) is 0 Å². The van der Waals surface area contributed by atoms with Gasteiger partial charge in [0.2, 0.25) is 13.6 Å². The number of hydrogen-bond donors (Lipinski definition) is 0. The highest BCUT2D eigenvalue weighted by Gasteiger charge is 2.22. The molecule has 0 bridgehead atoms. The van der Waals surface area contributed by atoms with E-state index in [1.54, 1.807) is 50.2 Å². The molecule has 0 unspecified atom stereocenters. The van der Waals surface area contributed by atoms with Crippen LogP contribution in [0.15, 0.2) is 47.5 Å². The van der Waals surface area contributed by atoms with Gasteiger partial charge in [-0.2, -0.15) is 0 Å². The van der Waals surface area contributed by atoms with E-state index in [0.29, 0.717) is 45.3 Å². The molecule has 0 spiro atoms. The summed E-state index contributed by atoms with van der Waals surface area (Å²) < 4.78 is 21.1. The molecule has 6 nitrogen and oxygen atoms in total. The number of carbonyl (C=O) groups excluding carboxylic acids is 2. The van der Waals surface area contributed by atoms with Crippen molar-refractivity contribution in [1.82, 2.24) is 0 Å². The third-order valence-corrected chi connectivity index (χ3v) is 4.51. The number of allylic oxidation sites excluding steroid dienone is 2. The van der Waals surface area contributed by atoms with Gasteiger partial charge in [-0.15, -0.1) is 0 Å². The van der Waals surface area contributed by atoms with E-state index in [9.17, 15) is 9.59 Å². The summed E-state index contributed by atoms with van der Waals surface area (Å²) in [7, 11) is 0. The van der Waals surface area contributed by atoms with E-state index in [1.807, 2.05) is 0 Å². The fourth-order valence-corrected chi connectivity index (χ4v) is 2.85. The van der Waals surface area contributed by atoms with E-state index in [-0.39, 0.29) is 25.2 Å². The third kappa shape index (κ3) is 2.69. The van der Waals surface area contributed by atoms with Crippen molar-refractivity contribution in [1.29, 1.82) is 0 Å². The van der Waals surface area contributed by atoms with Gasteiger partial charge in [-0.25, -0.2) is 0 Å². The standard InChI is InChI=1S/C20H16O6/c1-11(19(21)13-3-5-15-17(7-13)25-9-23-15)12(2)20(22)14-4-6-16-18(8-14)26-10-24-16/h3-8H,9-10H2,1-2H3. The van der Waals surface area contributed by atoms with Crippen molar-refractivity contribution in [3.8, 4) is 23.0 Å². The molecule has 0 saturated heterocycles. The SMILES string of the molecule is CC(C(=O)c1ccc2c(c1)OCO2)=C(C)C(=O)c1ccc2c(c1)OCO2. The summed E-state index contributed by atoms with van der Waals surface area (Å²) in [5.74, 6) is 1.82. The van der Waals surface area contributed by atoms with Gasteiger partial charge in [0.15, 0.2) is 34.6 Å². The maximum atomic E-state index is 12.8. The second-order valence-electron chi connectivity index (χ2n) is 6.04. The second-order valence-corrected chi connectivity index (χ2v) is 6.04. The van der Waals surface area contributed by atoms with E-state index in [0.717, 1.165) is 0 Å². The van der Waals surface area contributed by atoms with Crippen LogP contribution in [0.5, 0.6) is 23.0 Å². The Balaban J connectivity index is 1.62. The van der Waals surface area contributed by atoms with Crippen molar-refractivity contribution in [2.45, 2.75) is 13.8 Å². The molecule has 2 aliphatic rings. The minimum Gasteiger partial charge on any atom is -0.454 e. The Morgan fingerprint density at radius 2 is 1.04 bits per heavy atom. The molecule has 0 atom stereocenters. The first-order valence-electron chi connectivity index (χ1n) is 8.11. The number of carbonyl (C=O) groups is 2. The van der Waals surface area contributed by atoms with Crippen LogP contribution in [-0.4, -0.2) is 25.2 Å². The first-order valence-corrected chi connectivity index (χ1v) is 8.11. The molecular weight excluding hydrogens is 336 g/mol. The fourth-order valence-electron chi connectivity index (χ4n) is 2.85. The Hall–Kier alpha value is -3.28. The molecule has 2 aromatic rings. The zero-order valence-corrected chi connectivity index (χ0v) is 14.3. The number of benzene rings is 2. The van der Waals surface area contributed by atoms with E-state index in [4.69, 9.17) is 18.9 Å². The molecular formula is C20H16O6. The van der Waals surface area contributed by atoms with E-state index in [1.165, 1.54) is 0 Å². The van der Waals surface area contributed by atoms with E-state index in [2.05, 4.69) is 0 Å². The molecule has 0 aliphatic carbocycles. The molecule has 0 N–H and O–H groups in total.